The minimum absolute atomic E-state index is 0.0908. The Balaban J connectivity index is 1.97. The molecule has 1 aliphatic heterocycles. The summed E-state index contributed by atoms with van der Waals surface area (Å²) in [4.78, 5) is 18.6. The molecule has 0 aliphatic carbocycles. The monoisotopic (exact) mass is 286 g/mol. The maximum atomic E-state index is 12.3. The minimum atomic E-state index is -0.0908. The molecule has 1 aromatic rings. The predicted octanol–water partition coefficient (Wildman–Crippen LogP) is 0.463. The van der Waals surface area contributed by atoms with Crippen molar-refractivity contribution < 1.29 is 4.79 Å². The Morgan fingerprint density at radius 3 is 3.24 bits per heavy atom. The summed E-state index contributed by atoms with van der Waals surface area (Å²) in [5.41, 5.74) is 6.56. The second kappa shape index (κ2) is 7.77. The topological polar surface area (TPSA) is 71.2 Å². The van der Waals surface area contributed by atoms with E-state index in [1.165, 1.54) is 12.8 Å². The Kier molecular flexibility index (Phi) is 5.73. The van der Waals surface area contributed by atoms with Crippen LogP contribution in [0.4, 0.5) is 0 Å². The molecular formula is C16H22N4O. The second-order valence-corrected chi connectivity index (χ2v) is 5.41. The maximum absolute atomic E-state index is 12.3. The van der Waals surface area contributed by atoms with E-state index in [9.17, 15) is 4.79 Å². The molecule has 5 heteroatoms. The largest absolute Gasteiger partial charge is 0.352 e. The molecule has 0 saturated carbocycles. The van der Waals surface area contributed by atoms with Gasteiger partial charge in [-0.3, -0.25) is 9.78 Å². The van der Waals surface area contributed by atoms with Crippen molar-refractivity contribution in [3.05, 3.63) is 29.6 Å². The SMILES string of the molecule is CN1CCCC(CNC(=O)c2ccncc2C#CCN)C1. The second-order valence-electron chi connectivity index (χ2n) is 5.41. The highest BCUT2D eigenvalue weighted by molar-refractivity contribution is 5.96. The molecule has 1 amide bonds. The van der Waals surface area contributed by atoms with E-state index in [1.54, 1.807) is 18.5 Å². The smallest absolute Gasteiger partial charge is 0.252 e. The Labute approximate surface area is 125 Å². The lowest BCUT2D eigenvalue weighted by Gasteiger charge is -2.29. The summed E-state index contributed by atoms with van der Waals surface area (Å²) in [6.45, 7) is 3.16. The van der Waals surface area contributed by atoms with E-state index in [4.69, 9.17) is 5.73 Å². The molecule has 1 aliphatic rings. The van der Waals surface area contributed by atoms with Crippen molar-refractivity contribution in [1.82, 2.24) is 15.2 Å². The number of pyridine rings is 1. The van der Waals surface area contributed by atoms with Crippen LogP contribution in [0.25, 0.3) is 0 Å². The van der Waals surface area contributed by atoms with Gasteiger partial charge in [0.2, 0.25) is 0 Å². The maximum Gasteiger partial charge on any atom is 0.252 e. The zero-order chi connectivity index (χ0) is 15.1. The molecule has 5 nitrogen and oxygen atoms in total. The zero-order valence-corrected chi connectivity index (χ0v) is 12.4. The van der Waals surface area contributed by atoms with E-state index < -0.39 is 0 Å². The number of carbonyl (C=O) groups is 1. The van der Waals surface area contributed by atoms with Crippen molar-refractivity contribution in [3.8, 4) is 11.8 Å². The number of aromatic nitrogens is 1. The minimum Gasteiger partial charge on any atom is -0.352 e. The van der Waals surface area contributed by atoms with Crippen molar-refractivity contribution in [2.24, 2.45) is 11.7 Å². The highest BCUT2D eigenvalue weighted by atomic mass is 16.1. The lowest BCUT2D eigenvalue weighted by molar-refractivity contribution is 0.0936. The van der Waals surface area contributed by atoms with Crippen LogP contribution in [0, 0.1) is 17.8 Å². The number of rotatable bonds is 3. The van der Waals surface area contributed by atoms with E-state index in [0.717, 1.165) is 13.1 Å². The zero-order valence-electron chi connectivity index (χ0n) is 12.4. The molecule has 0 aromatic carbocycles. The van der Waals surface area contributed by atoms with Gasteiger partial charge in [-0.25, -0.2) is 0 Å². The van der Waals surface area contributed by atoms with Gasteiger partial charge < -0.3 is 16.0 Å². The fraction of sp³-hybridized carbons (Fsp3) is 0.500. The Morgan fingerprint density at radius 1 is 1.62 bits per heavy atom. The average Bonchev–Trinajstić information content (AvgIpc) is 2.51. The van der Waals surface area contributed by atoms with Crippen LogP contribution in [0.2, 0.25) is 0 Å². The van der Waals surface area contributed by atoms with Gasteiger partial charge in [0.1, 0.15) is 0 Å². The number of nitrogens with zero attached hydrogens (tertiary/aromatic N) is 2. The van der Waals surface area contributed by atoms with Crippen molar-refractivity contribution in [1.29, 1.82) is 0 Å². The van der Waals surface area contributed by atoms with Crippen LogP contribution in [0.3, 0.4) is 0 Å². The number of piperidine rings is 1. The number of hydrogen-bond donors (Lipinski definition) is 2. The summed E-state index contributed by atoms with van der Waals surface area (Å²) in [6, 6.07) is 1.70. The molecule has 1 fully saturated rings. The summed E-state index contributed by atoms with van der Waals surface area (Å²) in [7, 11) is 2.12. The van der Waals surface area contributed by atoms with Crippen molar-refractivity contribution >= 4 is 5.91 Å². The first-order valence-corrected chi connectivity index (χ1v) is 7.30. The van der Waals surface area contributed by atoms with E-state index in [2.05, 4.69) is 34.1 Å². The molecule has 21 heavy (non-hydrogen) atoms. The van der Waals surface area contributed by atoms with Gasteiger partial charge in [-0.1, -0.05) is 11.8 Å². The van der Waals surface area contributed by atoms with Crippen molar-refractivity contribution in [2.45, 2.75) is 12.8 Å². The van der Waals surface area contributed by atoms with Gasteiger partial charge in [-0.2, -0.15) is 0 Å². The predicted molar refractivity (Wildman–Crippen MR) is 82.7 cm³/mol. The number of amides is 1. The molecule has 1 aromatic heterocycles. The first-order chi connectivity index (χ1) is 10.2. The number of likely N-dealkylation sites (tertiary alicyclic amines) is 1. The van der Waals surface area contributed by atoms with Gasteiger partial charge >= 0.3 is 0 Å². The van der Waals surface area contributed by atoms with E-state index in [1.807, 2.05) is 0 Å². The molecule has 0 radical (unpaired) electrons. The molecule has 0 bridgehead atoms. The van der Waals surface area contributed by atoms with Crippen molar-refractivity contribution in [3.63, 3.8) is 0 Å². The van der Waals surface area contributed by atoms with Gasteiger partial charge in [0.05, 0.1) is 17.7 Å². The van der Waals surface area contributed by atoms with Gasteiger partial charge in [-0.15, -0.1) is 0 Å². The number of nitrogens with two attached hydrogens (primary N) is 1. The van der Waals surface area contributed by atoms with Crippen LogP contribution in [0.15, 0.2) is 18.5 Å². The van der Waals surface area contributed by atoms with Crippen LogP contribution in [0.1, 0.15) is 28.8 Å². The third-order valence-electron chi connectivity index (χ3n) is 3.66. The third kappa shape index (κ3) is 4.55. The quantitative estimate of drug-likeness (QED) is 0.792. The van der Waals surface area contributed by atoms with Gasteiger partial charge in [0.25, 0.3) is 5.91 Å². The van der Waals surface area contributed by atoms with Crippen LogP contribution >= 0.6 is 0 Å². The molecular weight excluding hydrogens is 264 g/mol. The third-order valence-corrected chi connectivity index (χ3v) is 3.66. The fourth-order valence-electron chi connectivity index (χ4n) is 2.61. The Hall–Kier alpha value is -1.90. The average molecular weight is 286 g/mol. The molecule has 1 atom stereocenters. The first-order valence-electron chi connectivity index (χ1n) is 7.30. The Morgan fingerprint density at radius 2 is 2.48 bits per heavy atom. The van der Waals surface area contributed by atoms with Crippen LogP contribution < -0.4 is 11.1 Å². The summed E-state index contributed by atoms with van der Waals surface area (Å²) in [5, 5.41) is 3.01. The molecule has 2 heterocycles. The van der Waals surface area contributed by atoms with Gasteiger partial charge in [-0.05, 0) is 38.4 Å². The highest BCUT2D eigenvalue weighted by Crippen LogP contribution is 2.14. The molecule has 0 spiro atoms. The van der Waals surface area contributed by atoms with E-state index in [-0.39, 0.29) is 12.5 Å². The number of nitrogens with one attached hydrogen (secondary N) is 1. The van der Waals surface area contributed by atoms with Gasteiger partial charge in [0.15, 0.2) is 0 Å². The summed E-state index contributed by atoms with van der Waals surface area (Å²) >= 11 is 0. The molecule has 112 valence electrons. The molecule has 3 N–H and O–H groups in total. The molecule has 1 unspecified atom stereocenters. The van der Waals surface area contributed by atoms with Crippen molar-refractivity contribution in [2.75, 3.05) is 33.2 Å². The van der Waals surface area contributed by atoms with E-state index in [0.29, 0.717) is 23.6 Å². The normalized spacial score (nSPS) is 18.7. The fourth-order valence-corrected chi connectivity index (χ4v) is 2.61. The van der Waals surface area contributed by atoms with Gasteiger partial charge in [0, 0.05) is 25.5 Å². The van der Waals surface area contributed by atoms with E-state index >= 15 is 0 Å². The lowest BCUT2D eigenvalue weighted by Crippen LogP contribution is -2.39. The lowest BCUT2D eigenvalue weighted by atomic mass is 9.98. The molecule has 2 rings (SSSR count). The summed E-state index contributed by atoms with van der Waals surface area (Å²) < 4.78 is 0. The number of carbonyl (C=O) groups excluding carboxylic acids is 1. The highest BCUT2D eigenvalue weighted by Gasteiger charge is 2.18. The summed E-state index contributed by atoms with van der Waals surface area (Å²) in [5.74, 6) is 6.09. The standard InChI is InChI=1S/C16H22N4O/c1-20-9-3-4-13(12-20)10-19-16(21)15-6-8-18-11-14(15)5-2-7-17/h6,8,11,13H,3-4,7,9-10,12,17H2,1H3,(H,19,21). The number of hydrogen-bond acceptors (Lipinski definition) is 4. The first kappa shape index (κ1) is 15.5. The Bertz CT molecular complexity index is 547. The summed E-state index contributed by atoms with van der Waals surface area (Å²) in [6.07, 6.45) is 5.57. The van der Waals surface area contributed by atoms with Crippen LogP contribution in [-0.4, -0.2) is 49.0 Å². The van der Waals surface area contributed by atoms with Crippen LogP contribution in [-0.2, 0) is 0 Å². The van der Waals surface area contributed by atoms with Crippen LogP contribution in [0.5, 0.6) is 0 Å². The molecule has 1 saturated heterocycles.